The summed E-state index contributed by atoms with van der Waals surface area (Å²) in [6.07, 6.45) is 0. The fourth-order valence-corrected chi connectivity index (χ4v) is 1.74. The molecule has 0 aromatic heterocycles. The highest BCUT2D eigenvalue weighted by Gasteiger charge is 1.96. The van der Waals surface area contributed by atoms with Crippen LogP contribution in [0.25, 0.3) is 0 Å². The quantitative estimate of drug-likeness (QED) is 0.540. The zero-order valence-corrected chi connectivity index (χ0v) is 7.69. The normalized spacial score (nSPS) is 13.0. The second-order valence-corrected chi connectivity index (χ2v) is 4.09. The molecular formula is C9H13NS. The Balaban J connectivity index is 2.71. The number of benzene rings is 1. The van der Waals surface area contributed by atoms with Gasteiger partial charge in [0, 0.05) is 4.90 Å². The summed E-state index contributed by atoms with van der Waals surface area (Å²) >= 11 is 1.69. The molecule has 0 aliphatic heterocycles. The van der Waals surface area contributed by atoms with E-state index in [1.54, 1.807) is 11.8 Å². The minimum absolute atomic E-state index is 0.178. The van der Waals surface area contributed by atoms with Gasteiger partial charge in [-0.3, -0.25) is 0 Å². The van der Waals surface area contributed by atoms with Gasteiger partial charge in [0.05, 0.1) is 5.37 Å². The predicted octanol–water partition coefficient (Wildman–Crippen LogP) is 2.39. The molecule has 0 bridgehead atoms. The lowest BCUT2D eigenvalue weighted by Crippen LogP contribution is -2.08. The fourth-order valence-electron chi connectivity index (χ4n) is 0.903. The molecule has 0 fully saturated rings. The molecule has 0 radical (unpaired) electrons. The summed E-state index contributed by atoms with van der Waals surface area (Å²) in [5.74, 6) is 0. The van der Waals surface area contributed by atoms with Crippen molar-refractivity contribution in [3.05, 3.63) is 29.8 Å². The third-order valence-corrected chi connectivity index (χ3v) is 2.21. The Kier molecular flexibility index (Phi) is 2.97. The Morgan fingerprint density at radius 2 is 2.18 bits per heavy atom. The second-order valence-electron chi connectivity index (χ2n) is 2.64. The van der Waals surface area contributed by atoms with Crippen LogP contribution in [0.4, 0.5) is 0 Å². The average molecular weight is 167 g/mol. The molecule has 1 atom stereocenters. The van der Waals surface area contributed by atoms with E-state index in [4.69, 9.17) is 5.73 Å². The van der Waals surface area contributed by atoms with Gasteiger partial charge in [0.15, 0.2) is 0 Å². The average Bonchev–Trinajstić information content (AvgIpc) is 1.85. The lowest BCUT2D eigenvalue weighted by molar-refractivity contribution is 1.04. The van der Waals surface area contributed by atoms with E-state index in [-0.39, 0.29) is 5.37 Å². The van der Waals surface area contributed by atoms with Crippen LogP contribution in [-0.2, 0) is 0 Å². The molecule has 0 saturated carbocycles. The van der Waals surface area contributed by atoms with Crippen molar-refractivity contribution in [1.82, 2.24) is 0 Å². The van der Waals surface area contributed by atoms with Crippen LogP contribution >= 0.6 is 11.8 Å². The number of aryl methyl sites for hydroxylation is 1. The first-order valence-corrected chi connectivity index (χ1v) is 4.55. The minimum atomic E-state index is 0.178. The molecule has 0 saturated heterocycles. The predicted molar refractivity (Wildman–Crippen MR) is 50.7 cm³/mol. The van der Waals surface area contributed by atoms with E-state index in [2.05, 4.69) is 31.2 Å². The highest BCUT2D eigenvalue weighted by Crippen LogP contribution is 2.20. The summed E-state index contributed by atoms with van der Waals surface area (Å²) in [6.45, 7) is 4.08. The van der Waals surface area contributed by atoms with Crippen LogP contribution < -0.4 is 5.73 Å². The second kappa shape index (κ2) is 3.79. The van der Waals surface area contributed by atoms with Crippen LogP contribution in [0.3, 0.4) is 0 Å². The molecule has 1 aromatic carbocycles. The molecule has 60 valence electrons. The van der Waals surface area contributed by atoms with Crippen molar-refractivity contribution in [3.63, 3.8) is 0 Å². The van der Waals surface area contributed by atoms with Gasteiger partial charge in [-0.25, -0.2) is 0 Å². The van der Waals surface area contributed by atoms with Gasteiger partial charge >= 0.3 is 0 Å². The zero-order chi connectivity index (χ0) is 8.27. The zero-order valence-electron chi connectivity index (χ0n) is 6.87. The van der Waals surface area contributed by atoms with E-state index in [1.165, 1.54) is 10.5 Å². The first-order valence-electron chi connectivity index (χ1n) is 3.67. The van der Waals surface area contributed by atoms with Gasteiger partial charge in [0.1, 0.15) is 0 Å². The largest absolute Gasteiger partial charge is 0.319 e. The molecule has 0 heterocycles. The summed E-state index contributed by atoms with van der Waals surface area (Å²) in [5, 5.41) is 0.178. The van der Waals surface area contributed by atoms with Crippen molar-refractivity contribution in [2.75, 3.05) is 0 Å². The number of thioether (sulfide) groups is 1. The maximum atomic E-state index is 5.64. The van der Waals surface area contributed by atoms with Gasteiger partial charge in [0.2, 0.25) is 0 Å². The van der Waals surface area contributed by atoms with Crippen molar-refractivity contribution in [2.45, 2.75) is 24.1 Å². The molecule has 1 unspecified atom stereocenters. The monoisotopic (exact) mass is 167 g/mol. The lowest BCUT2D eigenvalue weighted by Gasteiger charge is -2.04. The van der Waals surface area contributed by atoms with Gasteiger partial charge in [-0.15, -0.1) is 11.8 Å². The Morgan fingerprint density at radius 1 is 1.45 bits per heavy atom. The third-order valence-electron chi connectivity index (χ3n) is 1.31. The summed E-state index contributed by atoms with van der Waals surface area (Å²) in [4.78, 5) is 1.25. The van der Waals surface area contributed by atoms with Crippen LogP contribution in [0.15, 0.2) is 29.2 Å². The summed E-state index contributed by atoms with van der Waals surface area (Å²) in [5.41, 5.74) is 6.93. The van der Waals surface area contributed by atoms with Crippen molar-refractivity contribution < 1.29 is 0 Å². The smallest absolute Gasteiger partial charge is 0.0525 e. The van der Waals surface area contributed by atoms with Crippen LogP contribution in [0.1, 0.15) is 12.5 Å². The maximum absolute atomic E-state index is 5.64. The first kappa shape index (κ1) is 8.62. The van der Waals surface area contributed by atoms with Crippen molar-refractivity contribution in [3.8, 4) is 0 Å². The lowest BCUT2D eigenvalue weighted by atomic mass is 10.2. The van der Waals surface area contributed by atoms with Gasteiger partial charge in [-0.1, -0.05) is 17.7 Å². The molecule has 0 aliphatic rings. The van der Waals surface area contributed by atoms with Crippen molar-refractivity contribution >= 4 is 11.8 Å². The highest BCUT2D eigenvalue weighted by atomic mass is 32.2. The van der Waals surface area contributed by atoms with Crippen molar-refractivity contribution in [2.24, 2.45) is 5.73 Å². The molecule has 11 heavy (non-hydrogen) atoms. The number of hydrogen-bond donors (Lipinski definition) is 1. The summed E-state index contributed by atoms with van der Waals surface area (Å²) in [7, 11) is 0. The summed E-state index contributed by atoms with van der Waals surface area (Å²) in [6, 6.07) is 8.38. The third kappa shape index (κ3) is 2.95. The van der Waals surface area contributed by atoms with E-state index >= 15 is 0 Å². The van der Waals surface area contributed by atoms with Gasteiger partial charge < -0.3 is 5.73 Å². The molecule has 0 aliphatic carbocycles. The Morgan fingerprint density at radius 3 is 2.73 bits per heavy atom. The van der Waals surface area contributed by atoms with Crippen molar-refractivity contribution in [1.29, 1.82) is 0 Å². The molecular weight excluding hydrogens is 154 g/mol. The Bertz CT molecular complexity index is 233. The topological polar surface area (TPSA) is 26.0 Å². The highest BCUT2D eigenvalue weighted by molar-refractivity contribution is 7.99. The van der Waals surface area contributed by atoms with E-state index in [0.717, 1.165) is 0 Å². The van der Waals surface area contributed by atoms with Gasteiger partial charge in [-0.05, 0) is 26.0 Å². The fraction of sp³-hybridized carbons (Fsp3) is 0.333. The number of hydrogen-bond acceptors (Lipinski definition) is 2. The minimum Gasteiger partial charge on any atom is -0.319 e. The van der Waals surface area contributed by atoms with Crippen LogP contribution in [0, 0.1) is 6.92 Å². The molecule has 2 N–H and O–H groups in total. The first-order chi connectivity index (χ1) is 5.18. The van der Waals surface area contributed by atoms with E-state index < -0.39 is 0 Å². The van der Waals surface area contributed by atoms with Crippen LogP contribution in [0.2, 0.25) is 0 Å². The SMILES string of the molecule is Cc1cccc(SC(C)N)c1. The molecule has 2 heteroatoms. The van der Waals surface area contributed by atoms with Gasteiger partial charge in [0.25, 0.3) is 0 Å². The van der Waals surface area contributed by atoms with Crippen LogP contribution in [0.5, 0.6) is 0 Å². The molecule has 0 spiro atoms. The maximum Gasteiger partial charge on any atom is 0.0525 e. The van der Waals surface area contributed by atoms with E-state index in [9.17, 15) is 0 Å². The standard InChI is InChI=1S/C9H13NS/c1-7-4-3-5-9(6-7)11-8(2)10/h3-6,8H,10H2,1-2H3. The number of rotatable bonds is 2. The van der Waals surface area contributed by atoms with E-state index in [0.29, 0.717) is 0 Å². The van der Waals surface area contributed by atoms with E-state index in [1.807, 2.05) is 6.92 Å². The Hall–Kier alpha value is -0.470. The van der Waals surface area contributed by atoms with Crippen LogP contribution in [-0.4, -0.2) is 5.37 Å². The summed E-state index contributed by atoms with van der Waals surface area (Å²) < 4.78 is 0. The number of nitrogens with two attached hydrogens (primary N) is 1. The molecule has 1 nitrogen and oxygen atoms in total. The molecule has 1 aromatic rings. The molecule has 1 rings (SSSR count). The Labute approximate surface area is 72.0 Å². The van der Waals surface area contributed by atoms with Gasteiger partial charge in [-0.2, -0.15) is 0 Å². The molecule has 0 amide bonds.